The van der Waals surface area contributed by atoms with Crippen molar-refractivity contribution in [2.75, 3.05) is 46.3 Å². The van der Waals surface area contributed by atoms with E-state index < -0.39 is 0 Å². The first-order valence-electron chi connectivity index (χ1n) is 6.90. The van der Waals surface area contributed by atoms with E-state index in [1.807, 2.05) is 0 Å². The number of hydrogen-bond acceptors (Lipinski definition) is 3. The number of rotatable bonds is 6. The third-order valence-electron chi connectivity index (χ3n) is 4.05. The van der Waals surface area contributed by atoms with Crippen molar-refractivity contribution in [2.24, 2.45) is 5.92 Å². The molecule has 2 aliphatic rings. The Bertz CT molecular complexity index is 195. The lowest BCUT2D eigenvalue weighted by atomic mass is 10.2. The van der Waals surface area contributed by atoms with Gasteiger partial charge in [0, 0.05) is 38.8 Å². The highest BCUT2D eigenvalue weighted by Gasteiger charge is 2.26. The highest BCUT2D eigenvalue weighted by molar-refractivity contribution is 4.80. The minimum absolute atomic E-state index is 0.657. The van der Waals surface area contributed by atoms with E-state index in [1.165, 1.54) is 58.5 Å². The van der Waals surface area contributed by atoms with Crippen LogP contribution in [-0.2, 0) is 0 Å². The molecular formula is C13H27N3. The molecule has 3 nitrogen and oxygen atoms in total. The maximum atomic E-state index is 3.31. The summed E-state index contributed by atoms with van der Waals surface area (Å²) in [6.45, 7) is 10.1. The molecule has 2 fully saturated rings. The monoisotopic (exact) mass is 225 g/mol. The topological polar surface area (TPSA) is 18.5 Å². The molecule has 0 bridgehead atoms. The number of piperazine rings is 1. The van der Waals surface area contributed by atoms with Gasteiger partial charge in [0.2, 0.25) is 0 Å². The van der Waals surface area contributed by atoms with Crippen LogP contribution in [0.3, 0.4) is 0 Å². The molecule has 0 aromatic heterocycles. The van der Waals surface area contributed by atoms with Gasteiger partial charge in [-0.3, -0.25) is 0 Å². The summed E-state index contributed by atoms with van der Waals surface area (Å²) in [5, 5.41) is 3.31. The lowest BCUT2D eigenvalue weighted by Gasteiger charge is -2.35. The van der Waals surface area contributed by atoms with E-state index >= 15 is 0 Å². The van der Waals surface area contributed by atoms with Crippen LogP contribution in [0.25, 0.3) is 0 Å². The molecule has 3 heteroatoms. The van der Waals surface area contributed by atoms with Crippen molar-refractivity contribution in [3.8, 4) is 0 Å². The molecule has 0 aromatic carbocycles. The molecule has 1 saturated carbocycles. The van der Waals surface area contributed by atoms with Gasteiger partial charge in [-0.05, 0) is 45.7 Å². The Kier molecular flexibility index (Phi) is 4.62. The maximum Gasteiger partial charge on any atom is 0.0110 e. The van der Waals surface area contributed by atoms with Crippen molar-refractivity contribution in [3.05, 3.63) is 0 Å². The second-order valence-electron chi connectivity index (χ2n) is 5.56. The number of hydrogen-bond donors (Lipinski definition) is 1. The molecule has 2 rings (SSSR count). The SMILES string of the molecule is CNC(C)CCN1CCN(CC2CC2)CC1. The third-order valence-corrected chi connectivity index (χ3v) is 4.05. The van der Waals surface area contributed by atoms with Crippen molar-refractivity contribution >= 4 is 0 Å². The minimum atomic E-state index is 0.657. The zero-order chi connectivity index (χ0) is 11.4. The van der Waals surface area contributed by atoms with Crippen LogP contribution in [-0.4, -0.2) is 62.2 Å². The van der Waals surface area contributed by atoms with E-state index in [4.69, 9.17) is 0 Å². The van der Waals surface area contributed by atoms with Crippen LogP contribution in [0.4, 0.5) is 0 Å². The molecule has 16 heavy (non-hydrogen) atoms. The Morgan fingerprint density at radius 3 is 2.31 bits per heavy atom. The van der Waals surface area contributed by atoms with Gasteiger partial charge in [-0.25, -0.2) is 0 Å². The van der Waals surface area contributed by atoms with E-state index in [2.05, 4.69) is 29.1 Å². The number of nitrogens with zero attached hydrogens (tertiary/aromatic N) is 2. The minimum Gasteiger partial charge on any atom is -0.317 e. The Morgan fingerprint density at radius 2 is 1.75 bits per heavy atom. The van der Waals surface area contributed by atoms with Crippen LogP contribution in [0.2, 0.25) is 0 Å². The Morgan fingerprint density at radius 1 is 1.12 bits per heavy atom. The smallest absolute Gasteiger partial charge is 0.0110 e. The molecule has 0 amide bonds. The fraction of sp³-hybridized carbons (Fsp3) is 1.00. The first kappa shape index (κ1) is 12.3. The molecule has 1 aliphatic carbocycles. The van der Waals surface area contributed by atoms with E-state index in [-0.39, 0.29) is 0 Å². The molecule has 1 saturated heterocycles. The van der Waals surface area contributed by atoms with E-state index in [0.717, 1.165) is 5.92 Å². The Labute approximate surface area is 100 Å². The highest BCUT2D eigenvalue weighted by atomic mass is 15.3. The summed E-state index contributed by atoms with van der Waals surface area (Å²) in [6, 6.07) is 0.657. The lowest BCUT2D eigenvalue weighted by Crippen LogP contribution is -2.47. The van der Waals surface area contributed by atoms with E-state index in [1.54, 1.807) is 0 Å². The lowest BCUT2D eigenvalue weighted by molar-refractivity contribution is 0.125. The summed E-state index contributed by atoms with van der Waals surface area (Å²) in [4.78, 5) is 5.28. The molecule has 1 aliphatic heterocycles. The van der Waals surface area contributed by atoms with Crippen LogP contribution < -0.4 is 5.32 Å². The first-order chi connectivity index (χ1) is 7.78. The molecule has 1 heterocycles. The summed E-state index contributed by atoms with van der Waals surface area (Å²) >= 11 is 0. The molecule has 1 unspecified atom stereocenters. The van der Waals surface area contributed by atoms with Crippen molar-refractivity contribution in [1.82, 2.24) is 15.1 Å². The molecule has 1 N–H and O–H groups in total. The highest BCUT2D eigenvalue weighted by Crippen LogP contribution is 2.29. The van der Waals surface area contributed by atoms with Crippen molar-refractivity contribution in [2.45, 2.75) is 32.2 Å². The van der Waals surface area contributed by atoms with Crippen molar-refractivity contribution in [1.29, 1.82) is 0 Å². The van der Waals surface area contributed by atoms with Crippen molar-refractivity contribution in [3.63, 3.8) is 0 Å². The predicted molar refractivity (Wildman–Crippen MR) is 68.7 cm³/mol. The quantitative estimate of drug-likeness (QED) is 0.728. The number of nitrogens with one attached hydrogen (secondary N) is 1. The second kappa shape index (κ2) is 5.99. The molecule has 0 aromatic rings. The van der Waals surface area contributed by atoms with Gasteiger partial charge in [0.05, 0.1) is 0 Å². The van der Waals surface area contributed by atoms with Gasteiger partial charge in [-0.2, -0.15) is 0 Å². The molecule has 0 radical (unpaired) electrons. The summed E-state index contributed by atoms with van der Waals surface area (Å²) in [6.07, 6.45) is 4.25. The zero-order valence-electron chi connectivity index (χ0n) is 10.9. The van der Waals surface area contributed by atoms with Gasteiger partial charge >= 0.3 is 0 Å². The summed E-state index contributed by atoms with van der Waals surface area (Å²) in [7, 11) is 2.05. The molecular weight excluding hydrogens is 198 g/mol. The van der Waals surface area contributed by atoms with Gasteiger partial charge in [0.25, 0.3) is 0 Å². The predicted octanol–water partition coefficient (Wildman–Crippen LogP) is 1.01. The van der Waals surface area contributed by atoms with Gasteiger partial charge < -0.3 is 15.1 Å². The normalized spacial score (nSPS) is 25.9. The van der Waals surface area contributed by atoms with Gasteiger partial charge in [0.15, 0.2) is 0 Å². The van der Waals surface area contributed by atoms with Gasteiger partial charge in [-0.1, -0.05) is 0 Å². The average Bonchev–Trinajstić information content (AvgIpc) is 3.11. The van der Waals surface area contributed by atoms with Crippen LogP contribution in [0.1, 0.15) is 26.2 Å². The van der Waals surface area contributed by atoms with E-state index in [0.29, 0.717) is 6.04 Å². The first-order valence-corrected chi connectivity index (χ1v) is 6.90. The third kappa shape index (κ3) is 4.04. The molecule has 1 atom stereocenters. The van der Waals surface area contributed by atoms with Gasteiger partial charge in [0.1, 0.15) is 0 Å². The largest absolute Gasteiger partial charge is 0.317 e. The average molecular weight is 225 g/mol. The van der Waals surface area contributed by atoms with Gasteiger partial charge in [-0.15, -0.1) is 0 Å². The zero-order valence-corrected chi connectivity index (χ0v) is 10.9. The Hall–Kier alpha value is -0.120. The summed E-state index contributed by atoms with van der Waals surface area (Å²) < 4.78 is 0. The van der Waals surface area contributed by atoms with Crippen molar-refractivity contribution < 1.29 is 0 Å². The standard InChI is InChI=1S/C13H27N3/c1-12(14-2)5-6-15-7-9-16(10-8-15)11-13-3-4-13/h12-14H,3-11H2,1-2H3. The second-order valence-corrected chi connectivity index (χ2v) is 5.56. The van der Waals surface area contributed by atoms with Crippen LogP contribution in [0.15, 0.2) is 0 Å². The fourth-order valence-corrected chi connectivity index (χ4v) is 2.38. The van der Waals surface area contributed by atoms with E-state index in [9.17, 15) is 0 Å². The summed E-state index contributed by atoms with van der Waals surface area (Å²) in [5.41, 5.74) is 0. The molecule has 0 spiro atoms. The summed E-state index contributed by atoms with van der Waals surface area (Å²) in [5.74, 6) is 1.05. The maximum absolute atomic E-state index is 3.31. The molecule has 94 valence electrons. The fourth-order valence-electron chi connectivity index (χ4n) is 2.38. The van der Waals surface area contributed by atoms with Crippen LogP contribution in [0, 0.1) is 5.92 Å². The van der Waals surface area contributed by atoms with Crippen LogP contribution >= 0.6 is 0 Å². The van der Waals surface area contributed by atoms with Crippen LogP contribution in [0.5, 0.6) is 0 Å². The Balaban J connectivity index is 1.57.